The molecule has 0 fully saturated rings. The van der Waals surface area contributed by atoms with Gasteiger partial charge in [0.1, 0.15) is 0 Å². The maximum absolute atomic E-state index is 11.6. The number of hydrogen-bond donors (Lipinski definition) is 3. The summed E-state index contributed by atoms with van der Waals surface area (Å²) in [6.45, 7) is 2.63. The highest BCUT2D eigenvalue weighted by molar-refractivity contribution is 6.40. The first-order valence-corrected chi connectivity index (χ1v) is 6.98. The molecule has 7 heteroatoms. The van der Waals surface area contributed by atoms with Gasteiger partial charge in [0.25, 0.3) is 0 Å². The van der Waals surface area contributed by atoms with Gasteiger partial charge >= 0.3 is 12.0 Å². The maximum Gasteiger partial charge on any atom is 0.335 e. The molecule has 0 aliphatic heterocycles. The number of carbonyl (C=O) groups excluding carboxylic acids is 1. The summed E-state index contributed by atoms with van der Waals surface area (Å²) < 4.78 is 0. The van der Waals surface area contributed by atoms with E-state index < -0.39 is 12.0 Å². The van der Waals surface area contributed by atoms with Gasteiger partial charge in [-0.2, -0.15) is 0 Å². The molecule has 110 valence electrons. The zero-order valence-electron chi connectivity index (χ0n) is 11.0. The molecule has 5 nitrogen and oxygen atoms in total. The lowest BCUT2D eigenvalue weighted by Crippen LogP contribution is -2.29. The average molecular weight is 319 g/mol. The van der Waals surface area contributed by atoms with E-state index in [1.165, 1.54) is 12.1 Å². The Balaban J connectivity index is 2.68. The second-order valence-corrected chi connectivity index (χ2v) is 5.02. The zero-order valence-corrected chi connectivity index (χ0v) is 12.5. The highest BCUT2D eigenvalue weighted by Crippen LogP contribution is 2.31. The van der Waals surface area contributed by atoms with Gasteiger partial charge in [0, 0.05) is 6.54 Å². The van der Waals surface area contributed by atoms with Crippen LogP contribution in [-0.4, -0.2) is 23.7 Å². The number of carboxylic acid groups (broad SMARTS) is 1. The van der Waals surface area contributed by atoms with Gasteiger partial charge in [-0.3, -0.25) is 0 Å². The quantitative estimate of drug-likeness (QED) is 0.693. The second-order valence-electron chi connectivity index (χ2n) is 4.21. The predicted molar refractivity (Wildman–Crippen MR) is 80.0 cm³/mol. The molecule has 20 heavy (non-hydrogen) atoms. The van der Waals surface area contributed by atoms with Crippen LogP contribution in [0.4, 0.5) is 10.5 Å². The summed E-state index contributed by atoms with van der Waals surface area (Å²) in [7, 11) is 0. The third-order valence-electron chi connectivity index (χ3n) is 2.59. The largest absolute Gasteiger partial charge is 0.478 e. The minimum absolute atomic E-state index is 0.0334. The van der Waals surface area contributed by atoms with Crippen molar-refractivity contribution in [3.63, 3.8) is 0 Å². The van der Waals surface area contributed by atoms with Crippen molar-refractivity contribution < 1.29 is 14.7 Å². The number of carbonyl (C=O) groups is 2. The van der Waals surface area contributed by atoms with Crippen molar-refractivity contribution in [2.45, 2.75) is 26.2 Å². The molecular formula is C13H16Cl2N2O3. The number of anilines is 1. The van der Waals surface area contributed by atoms with Crippen LogP contribution < -0.4 is 10.6 Å². The molecule has 0 aliphatic carbocycles. The molecule has 0 spiro atoms. The Hall–Kier alpha value is -1.46. The Labute approximate surface area is 127 Å². The van der Waals surface area contributed by atoms with E-state index in [4.69, 9.17) is 28.3 Å². The molecule has 0 atom stereocenters. The van der Waals surface area contributed by atoms with Crippen LogP contribution in [0.5, 0.6) is 0 Å². The molecule has 0 aromatic heterocycles. The van der Waals surface area contributed by atoms with Crippen molar-refractivity contribution in [1.82, 2.24) is 5.32 Å². The lowest BCUT2D eigenvalue weighted by molar-refractivity contribution is 0.0697. The molecule has 0 bridgehead atoms. The number of urea groups is 1. The Bertz CT molecular complexity index is 483. The predicted octanol–water partition coefficient (Wildman–Crippen LogP) is 4.00. The smallest absolute Gasteiger partial charge is 0.335 e. The third kappa shape index (κ3) is 4.90. The lowest BCUT2D eigenvalue weighted by Gasteiger charge is -2.11. The summed E-state index contributed by atoms with van der Waals surface area (Å²) in [5.74, 6) is -1.13. The molecule has 0 aliphatic rings. The van der Waals surface area contributed by atoms with Crippen molar-refractivity contribution in [3.05, 3.63) is 27.7 Å². The van der Waals surface area contributed by atoms with Gasteiger partial charge in [-0.25, -0.2) is 9.59 Å². The molecule has 1 aromatic rings. The number of unbranched alkanes of at least 4 members (excludes halogenated alkanes) is 2. The van der Waals surface area contributed by atoms with Gasteiger partial charge in [0.15, 0.2) is 0 Å². The van der Waals surface area contributed by atoms with Crippen LogP contribution in [0.25, 0.3) is 0 Å². The molecule has 0 radical (unpaired) electrons. The molecule has 0 saturated carbocycles. The fraction of sp³-hybridized carbons (Fsp3) is 0.385. The second kappa shape index (κ2) is 7.97. The lowest BCUT2D eigenvalue weighted by atomic mass is 10.2. The van der Waals surface area contributed by atoms with Gasteiger partial charge in [0.05, 0.1) is 21.3 Å². The van der Waals surface area contributed by atoms with E-state index in [1.54, 1.807) is 0 Å². The van der Waals surface area contributed by atoms with Gasteiger partial charge in [0.2, 0.25) is 0 Å². The van der Waals surface area contributed by atoms with E-state index >= 15 is 0 Å². The average Bonchev–Trinajstić information content (AvgIpc) is 2.38. The van der Waals surface area contributed by atoms with Crippen LogP contribution in [0, 0.1) is 0 Å². The van der Waals surface area contributed by atoms with Crippen LogP contribution in [0.15, 0.2) is 12.1 Å². The van der Waals surface area contributed by atoms with E-state index in [9.17, 15) is 9.59 Å². The summed E-state index contributed by atoms with van der Waals surface area (Å²) in [5.41, 5.74) is 0.167. The normalized spacial score (nSPS) is 10.2. The molecular weight excluding hydrogens is 303 g/mol. The highest BCUT2D eigenvalue weighted by Gasteiger charge is 2.14. The highest BCUT2D eigenvalue weighted by atomic mass is 35.5. The summed E-state index contributed by atoms with van der Waals surface area (Å²) in [4.78, 5) is 22.5. The van der Waals surface area contributed by atoms with E-state index in [0.717, 1.165) is 19.3 Å². The molecule has 0 unspecified atom stereocenters. The van der Waals surface area contributed by atoms with Gasteiger partial charge in [-0.1, -0.05) is 43.0 Å². The van der Waals surface area contributed by atoms with Crippen LogP contribution in [0.3, 0.4) is 0 Å². The van der Waals surface area contributed by atoms with Crippen molar-refractivity contribution in [3.8, 4) is 0 Å². The third-order valence-corrected chi connectivity index (χ3v) is 3.19. The minimum Gasteiger partial charge on any atom is -0.478 e. The number of aromatic carboxylic acids is 1. The number of hydrogen-bond acceptors (Lipinski definition) is 2. The Morgan fingerprint density at radius 1 is 1.20 bits per heavy atom. The molecule has 1 rings (SSSR count). The number of benzene rings is 1. The summed E-state index contributed by atoms with van der Waals surface area (Å²) in [6.07, 6.45) is 3.00. The molecule has 2 amide bonds. The maximum atomic E-state index is 11.6. The van der Waals surface area contributed by atoms with E-state index in [-0.39, 0.29) is 21.3 Å². The van der Waals surface area contributed by atoms with E-state index in [2.05, 4.69) is 17.6 Å². The topological polar surface area (TPSA) is 78.4 Å². The molecule has 0 heterocycles. The first-order chi connectivity index (χ1) is 9.45. The van der Waals surface area contributed by atoms with Crippen molar-refractivity contribution in [2.75, 3.05) is 11.9 Å². The van der Waals surface area contributed by atoms with Crippen LogP contribution in [0.2, 0.25) is 10.0 Å². The van der Waals surface area contributed by atoms with Gasteiger partial charge < -0.3 is 15.7 Å². The molecule has 0 saturated heterocycles. The zero-order chi connectivity index (χ0) is 15.1. The molecule has 1 aromatic carbocycles. The van der Waals surface area contributed by atoms with Crippen LogP contribution in [0.1, 0.15) is 36.5 Å². The van der Waals surface area contributed by atoms with Gasteiger partial charge in [-0.15, -0.1) is 0 Å². The van der Waals surface area contributed by atoms with Crippen LogP contribution in [-0.2, 0) is 0 Å². The fourth-order valence-corrected chi connectivity index (χ4v) is 2.13. The summed E-state index contributed by atoms with van der Waals surface area (Å²) in [5, 5.41) is 14.2. The molecule has 3 N–H and O–H groups in total. The van der Waals surface area contributed by atoms with E-state index in [0.29, 0.717) is 6.54 Å². The first kappa shape index (κ1) is 16.6. The summed E-state index contributed by atoms with van der Waals surface area (Å²) >= 11 is 11.8. The Morgan fingerprint density at radius 2 is 1.80 bits per heavy atom. The van der Waals surface area contributed by atoms with Crippen molar-refractivity contribution >= 4 is 40.9 Å². The fourth-order valence-electron chi connectivity index (χ4n) is 1.55. The monoisotopic (exact) mass is 318 g/mol. The van der Waals surface area contributed by atoms with Gasteiger partial charge in [-0.05, 0) is 18.6 Å². The van der Waals surface area contributed by atoms with E-state index in [1.807, 2.05) is 0 Å². The number of rotatable bonds is 6. The number of carboxylic acids is 1. The number of amides is 2. The van der Waals surface area contributed by atoms with Crippen molar-refractivity contribution in [1.29, 1.82) is 0 Å². The first-order valence-electron chi connectivity index (χ1n) is 6.23. The number of nitrogens with one attached hydrogen (secondary N) is 2. The van der Waals surface area contributed by atoms with Crippen molar-refractivity contribution in [2.24, 2.45) is 0 Å². The minimum atomic E-state index is -1.13. The van der Waals surface area contributed by atoms with Crippen LogP contribution >= 0.6 is 23.2 Å². The number of halogens is 2. The summed E-state index contributed by atoms with van der Waals surface area (Å²) in [6, 6.07) is 2.05. The Morgan fingerprint density at radius 3 is 2.30 bits per heavy atom. The SMILES string of the molecule is CCCCCNC(=O)Nc1c(Cl)cc(C(=O)O)cc1Cl. The Kier molecular flexibility index (Phi) is 6.61. The standard InChI is InChI=1S/C13H16Cl2N2O3/c1-2-3-4-5-16-13(20)17-11-9(14)6-8(12(18)19)7-10(11)15/h6-7H,2-5H2,1H3,(H,18,19)(H2,16,17,20).